The van der Waals surface area contributed by atoms with Gasteiger partial charge in [-0.3, -0.25) is 9.59 Å². The fraction of sp³-hybridized carbons (Fsp3) is 0.400. The third-order valence-electron chi connectivity index (χ3n) is 3.95. The second-order valence-corrected chi connectivity index (χ2v) is 5.43. The van der Waals surface area contributed by atoms with E-state index in [9.17, 15) is 9.59 Å². The summed E-state index contributed by atoms with van der Waals surface area (Å²) in [6, 6.07) is 3.03. The highest BCUT2D eigenvalue weighted by Gasteiger charge is 2.26. The number of carbonyl (C=O) groups is 1. The van der Waals surface area contributed by atoms with E-state index < -0.39 is 0 Å². The zero-order valence-corrected chi connectivity index (χ0v) is 12.0. The number of H-pyrrole nitrogens is 1. The number of aromatic nitrogens is 3. The average molecular weight is 286 g/mol. The van der Waals surface area contributed by atoms with Gasteiger partial charge in [0.2, 0.25) is 5.56 Å². The predicted octanol–water partition coefficient (Wildman–Crippen LogP) is 1.13. The molecule has 1 aliphatic rings. The molecule has 3 rings (SSSR count). The Kier molecular flexibility index (Phi) is 3.60. The second-order valence-electron chi connectivity index (χ2n) is 5.43. The minimum Gasteiger partial charge on any atom is -0.348 e. The quantitative estimate of drug-likeness (QED) is 0.899. The molecule has 0 aliphatic carbocycles. The van der Waals surface area contributed by atoms with Gasteiger partial charge in [-0.1, -0.05) is 0 Å². The zero-order valence-electron chi connectivity index (χ0n) is 12.0. The van der Waals surface area contributed by atoms with Crippen molar-refractivity contribution in [1.29, 1.82) is 0 Å². The van der Waals surface area contributed by atoms with E-state index in [0.717, 1.165) is 25.2 Å². The Balaban J connectivity index is 1.78. The third kappa shape index (κ3) is 2.74. The van der Waals surface area contributed by atoms with Crippen LogP contribution in [0.4, 0.5) is 0 Å². The summed E-state index contributed by atoms with van der Waals surface area (Å²) in [6.45, 7) is 1.41. The number of imidazole rings is 1. The van der Waals surface area contributed by atoms with Gasteiger partial charge in [-0.15, -0.1) is 0 Å². The van der Waals surface area contributed by atoms with E-state index in [1.807, 2.05) is 11.1 Å². The minimum atomic E-state index is -0.112. The van der Waals surface area contributed by atoms with E-state index >= 15 is 0 Å². The number of amides is 1. The number of aromatic amines is 1. The standard InChI is InChI=1S/C15H18N4O2/c1-18-9-12(4-5-13(18)20)15(21)19-8-2-3-11(10-19)14-16-6-7-17-14/h4-7,9,11H,2-3,8,10H2,1H3,(H,16,17). The molecule has 1 fully saturated rings. The fourth-order valence-corrected chi connectivity index (χ4v) is 2.79. The first-order valence-electron chi connectivity index (χ1n) is 7.10. The van der Waals surface area contributed by atoms with Crippen LogP contribution in [-0.2, 0) is 7.05 Å². The summed E-state index contributed by atoms with van der Waals surface area (Å²) in [4.78, 5) is 33.2. The van der Waals surface area contributed by atoms with Gasteiger partial charge in [-0.25, -0.2) is 4.98 Å². The normalized spacial score (nSPS) is 18.7. The molecule has 0 spiro atoms. The smallest absolute Gasteiger partial charge is 0.255 e. The van der Waals surface area contributed by atoms with Gasteiger partial charge in [0.15, 0.2) is 0 Å². The number of piperidine rings is 1. The molecule has 0 aromatic carbocycles. The monoisotopic (exact) mass is 286 g/mol. The first-order chi connectivity index (χ1) is 10.1. The number of rotatable bonds is 2. The van der Waals surface area contributed by atoms with Crippen molar-refractivity contribution in [3.8, 4) is 0 Å². The Hall–Kier alpha value is -2.37. The number of nitrogens with one attached hydrogen (secondary N) is 1. The zero-order chi connectivity index (χ0) is 14.8. The van der Waals surface area contributed by atoms with Crippen molar-refractivity contribution in [2.75, 3.05) is 13.1 Å². The number of nitrogens with zero attached hydrogens (tertiary/aromatic N) is 3. The van der Waals surface area contributed by atoms with Crippen molar-refractivity contribution in [3.63, 3.8) is 0 Å². The highest BCUT2D eigenvalue weighted by molar-refractivity contribution is 5.94. The molecule has 6 nitrogen and oxygen atoms in total. The van der Waals surface area contributed by atoms with Crippen molar-refractivity contribution in [2.45, 2.75) is 18.8 Å². The van der Waals surface area contributed by atoms with E-state index in [1.54, 1.807) is 25.5 Å². The number of pyridine rings is 1. The summed E-state index contributed by atoms with van der Waals surface area (Å²) in [7, 11) is 1.65. The summed E-state index contributed by atoms with van der Waals surface area (Å²) in [5.41, 5.74) is 0.441. The molecule has 1 unspecified atom stereocenters. The molecule has 1 aliphatic heterocycles. The number of hydrogen-bond acceptors (Lipinski definition) is 3. The molecule has 2 aromatic heterocycles. The summed E-state index contributed by atoms with van der Waals surface area (Å²) in [6.07, 6.45) is 7.14. The van der Waals surface area contributed by atoms with Crippen LogP contribution in [0, 0.1) is 0 Å². The third-order valence-corrected chi connectivity index (χ3v) is 3.95. The van der Waals surface area contributed by atoms with Crippen molar-refractivity contribution in [3.05, 3.63) is 52.5 Å². The average Bonchev–Trinajstić information content (AvgIpc) is 3.04. The summed E-state index contributed by atoms with van der Waals surface area (Å²) >= 11 is 0. The van der Waals surface area contributed by atoms with Crippen LogP contribution < -0.4 is 5.56 Å². The number of aryl methyl sites for hydroxylation is 1. The molecule has 21 heavy (non-hydrogen) atoms. The lowest BCUT2D eigenvalue weighted by atomic mass is 9.97. The Morgan fingerprint density at radius 2 is 2.29 bits per heavy atom. The van der Waals surface area contributed by atoms with Crippen molar-refractivity contribution < 1.29 is 4.79 Å². The first kappa shape index (κ1) is 13.6. The van der Waals surface area contributed by atoms with Crippen molar-refractivity contribution >= 4 is 5.91 Å². The Labute approximate surface area is 122 Å². The Bertz CT molecular complexity index is 690. The molecule has 0 bridgehead atoms. The lowest BCUT2D eigenvalue weighted by Crippen LogP contribution is -2.39. The molecule has 1 atom stereocenters. The van der Waals surface area contributed by atoms with E-state index in [2.05, 4.69) is 9.97 Å². The van der Waals surface area contributed by atoms with Crippen LogP contribution in [0.3, 0.4) is 0 Å². The van der Waals surface area contributed by atoms with E-state index in [-0.39, 0.29) is 17.4 Å². The predicted molar refractivity (Wildman–Crippen MR) is 78.1 cm³/mol. The number of carbonyl (C=O) groups excluding carboxylic acids is 1. The van der Waals surface area contributed by atoms with E-state index in [4.69, 9.17) is 0 Å². The van der Waals surface area contributed by atoms with E-state index in [1.165, 1.54) is 10.6 Å². The molecular formula is C15H18N4O2. The summed E-state index contributed by atoms with van der Waals surface area (Å²) in [5.74, 6) is 1.17. The SMILES string of the molecule is Cn1cc(C(=O)N2CCCC(c3ncc[nH]3)C2)ccc1=O. The lowest BCUT2D eigenvalue weighted by molar-refractivity contribution is 0.0704. The molecule has 6 heteroatoms. The lowest BCUT2D eigenvalue weighted by Gasteiger charge is -2.32. The van der Waals surface area contributed by atoms with Gasteiger partial charge < -0.3 is 14.5 Å². The van der Waals surface area contributed by atoms with Gasteiger partial charge in [0.25, 0.3) is 5.91 Å². The first-order valence-corrected chi connectivity index (χ1v) is 7.10. The maximum absolute atomic E-state index is 12.6. The van der Waals surface area contributed by atoms with Crippen LogP contribution in [0.25, 0.3) is 0 Å². The van der Waals surface area contributed by atoms with Gasteiger partial charge in [-0.05, 0) is 18.9 Å². The van der Waals surface area contributed by atoms with Crippen LogP contribution >= 0.6 is 0 Å². The van der Waals surface area contributed by atoms with Gasteiger partial charge in [0.1, 0.15) is 5.82 Å². The molecule has 2 aromatic rings. The topological polar surface area (TPSA) is 71.0 Å². The maximum atomic E-state index is 12.6. The molecular weight excluding hydrogens is 268 g/mol. The van der Waals surface area contributed by atoms with Gasteiger partial charge in [-0.2, -0.15) is 0 Å². The van der Waals surface area contributed by atoms with Crippen LogP contribution in [0.15, 0.2) is 35.5 Å². The highest BCUT2D eigenvalue weighted by atomic mass is 16.2. The molecule has 1 saturated heterocycles. The molecule has 3 heterocycles. The minimum absolute atomic E-state index is 0.0261. The fourth-order valence-electron chi connectivity index (χ4n) is 2.79. The molecule has 110 valence electrons. The molecule has 0 saturated carbocycles. The van der Waals surface area contributed by atoms with Gasteiger partial charge in [0.05, 0.1) is 5.56 Å². The van der Waals surface area contributed by atoms with Gasteiger partial charge in [0, 0.05) is 50.7 Å². The second kappa shape index (κ2) is 5.55. The van der Waals surface area contributed by atoms with Crippen LogP contribution in [0.5, 0.6) is 0 Å². The number of likely N-dealkylation sites (tertiary alicyclic amines) is 1. The molecule has 1 amide bonds. The van der Waals surface area contributed by atoms with Crippen molar-refractivity contribution in [2.24, 2.45) is 7.05 Å². The van der Waals surface area contributed by atoms with Crippen molar-refractivity contribution in [1.82, 2.24) is 19.4 Å². The highest BCUT2D eigenvalue weighted by Crippen LogP contribution is 2.25. The molecule has 0 radical (unpaired) electrons. The van der Waals surface area contributed by atoms with Crippen LogP contribution in [0.1, 0.15) is 34.9 Å². The Morgan fingerprint density at radius 3 is 3.00 bits per heavy atom. The molecule has 1 N–H and O–H groups in total. The summed E-state index contributed by atoms with van der Waals surface area (Å²) < 4.78 is 1.43. The van der Waals surface area contributed by atoms with E-state index in [0.29, 0.717) is 12.1 Å². The summed E-state index contributed by atoms with van der Waals surface area (Å²) in [5, 5.41) is 0. The van der Waals surface area contributed by atoms with Crippen LogP contribution in [0.2, 0.25) is 0 Å². The van der Waals surface area contributed by atoms with Gasteiger partial charge >= 0.3 is 0 Å². The Morgan fingerprint density at radius 1 is 1.43 bits per heavy atom. The maximum Gasteiger partial charge on any atom is 0.255 e. The van der Waals surface area contributed by atoms with Crippen LogP contribution in [-0.4, -0.2) is 38.4 Å². The largest absolute Gasteiger partial charge is 0.348 e. The number of hydrogen-bond donors (Lipinski definition) is 1.